The Morgan fingerprint density at radius 3 is 2.53 bits per heavy atom. The number of allylic oxidation sites excluding steroid dienone is 2. The Morgan fingerprint density at radius 1 is 1.03 bits per heavy atom. The van der Waals surface area contributed by atoms with Crippen LogP contribution in [0.2, 0.25) is 5.02 Å². The smallest absolute Gasteiger partial charge is 0.338 e. The standard InChI is InChI=1S/C28H27ClFNO3/c1-3-33-28(32)20-13-19(14-23(15-20)31-2)24-5-4-6-25(24)26-16-21(29)9-12-27(26)34-17-18-7-10-22(30)11-8-18/h7-16,31H,3-6,17H2,1-2H3. The summed E-state index contributed by atoms with van der Waals surface area (Å²) in [6.07, 6.45) is 2.75. The van der Waals surface area contributed by atoms with Crippen molar-refractivity contribution in [2.75, 3.05) is 19.0 Å². The van der Waals surface area contributed by atoms with Crippen molar-refractivity contribution in [2.45, 2.75) is 32.8 Å². The molecule has 0 radical (unpaired) electrons. The van der Waals surface area contributed by atoms with Crippen molar-refractivity contribution in [2.24, 2.45) is 0 Å². The van der Waals surface area contributed by atoms with E-state index in [0.717, 1.165) is 58.5 Å². The molecule has 4 nitrogen and oxygen atoms in total. The number of nitrogens with one attached hydrogen (secondary N) is 1. The summed E-state index contributed by atoms with van der Waals surface area (Å²) in [6, 6.07) is 17.6. The van der Waals surface area contributed by atoms with Crippen LogP contribution in [0.1, 0.15) is 53.2 Å². The molecule has 0 saturated carbocycles. The first-order valence-electron chi connectivity index (χ1n) is 11.4. The average Bonchev–Trinajstić information content (AvgIpc) is 3.34. The van der Waals surface area contributed by atoms with Crippen LogP contribution in [0.5, 0.6) is 5.75 Å². The van der Waals surface area contributed by atoms with Crippen LogP contribution in [0.25, 0.3) is 11.1 Å². The molecule has 1 aliphatic rings. The van der Waals surface area contributed by atoms with E-state index in [1.165, 1.54) is 12.1 Å². The van der Waals surface area contributed by atoms with Gasteiger partial charge in [-0.15, -0.1) is 0 Å². The molecule has 3 aromatic rings. The molecule has 0 unspecified atom stereocenters. The summed E-state index contributed by atoms with van der Waals surface area (Å²) in [6.45, 7) is 2.44. The number of esters is 1. The van der Waals surface area contributed by atoms with Crippen LogP contribution in [0.4, 0.5) is 10.1 Å². The fraction of sp³-hybridized carbons (Fsp3) is 0.250. The lowest BCUT2D eigenvalue weighted by atomic mass is 9.95. The zero-order valence-corrected chi connectivity index (χ0v) is 20.0. The molecule has 0 aromatic heterocycles. The van der Waals surface area contributed by atoms with Gasteiger partial charge >= 0.3 is 5.97 Å². The molecule has 0 spiro atoms. The topological polar surface area (TPSA) is 47.6 Å². The summed E-state index contributed by atoms with van der Waals surface area (Å²) in [5, 5.41) is 3.77. The molecule has 0 heterocycles. The number of carbonyl (C=O) groups is 1. The number of carbonyl (C=O) groups excluding carboxylic acids is 1. The van der Waals surface area contributed by atoms with Crippen LogP contribution >= 0.6 is 11.6 Å². The Kier molecular flexibility index (Phi) is 7.53. The molecule has 34 heavy (non-hydrogen) atoms. The van der Waals surface area contributed by atoms with Gasteiger partial charge in [0, 0.05) is 23.3 Å². The molecule has 0 fully saturated rings. The first-order valence-corrected chi connectivity index (χ1v) is 11.8. The van der Waals surface area contributed by atoms with Crippen molar-refractivity contribution >= 4 is 34.4 Å². The third-order valence-corrected chi connectivity index (χ3v) is 6.11. The maximum atomic E-state index is 13.2. The zero-order valence-electron chi connectivity index (χ0n) is 19.3. The SMILES string of the molecule is CCOC(=O)c1cc(NC)cc(C2=C(c3cc(Cl)ccc3OCc3ccc(F)cc3)CCC2)c1. The molecular weight excluding hydrogens is 453 g/mol. The normalized spacial score (nSPS) is 13.2. The fourth-order valence-corrected chi connectivity index (χ4v) is 4.42. The van der Waals surface area contributed by atoms with Gasteiger partial charge in [-0.2, -0.15) is 0 Å². The van der Waals surface area contributed by atoms with Gasteiger partial charge in [-0.3, -0.25) is 0 Å². The lowest BCUT2D eigenvalue weighted by molar-refractivity contribution is 0.0526. The van der Waals surface area contributed by atoms with Gasteiger partial charge in [-0.1, -0.05) is 23.7 Å². The highest BCUT2D eigenvalue weighted by molar-refractivity contribution is 6.30. The van der Waals surface area contributed by atoms with Crippen molar-refractivity contribution in [3.8, 4) is 5.75 Å². The minimum atomic E-state index is -0.341. The molecule has 176 valence electrons. The van der Waals surface area contributed by atoms with Crippen molar-refractivity contribution in [3.05, 3.63) is 93.8 Å². The van der Waals surface area contributed by atoms with E-state index in [1.807, 2.05) is 31.3 Å². The van der Waals surface area contributed by atoms with Crippen molar-refractivity contribution < 1.29 is 18.7 Å². The van der Waals surface area contributed by atoms with Crippen LogP contribution in [-0.4, -0.2) is 19.6 Å². The molecule has 0 saturated heterocycles. The largest absolute Gasteiger partial charge is 0.488 e. The van der Waals surface area contributed by atoms with Crippen LogP contribution < -0.4 is 10.1 Å². The summed E-state index contributed by atoms with van der Waals surface area (Å²) in [7, 11) is 1.83. The maximum absolute atomic E-state index is 13.2. The number of benzene rings is 3. The van der Waals surface area contributed by atoms with Crippen LogP contribution in [0.15, 0.2) is 60.7 Å². The summed E-state index contributed by atoms with van der Waals surface area (Å²) in [5.41, 5.74) is 6.47. The molecule has 4 rings (SSSR count). The van der Waals surface area contributed by atoms with E-state index in [9.17, 15) is 9.18 Å². The van der Waals surface area contributed by atoms with Gasteiger partial charge in [0.1, 0.15) is 18.2 Å². The number of halogens is 2. The lowest BCUT2D eigenvalue weighted by Gasteiger charge is -2.16. The molecule has 1 aliphatic carbocycles. The van der Waals surface area contributed by atoms with E-state index in [4.69, 9.17) is 21.1 Å². The average molecular weight is 480 g/mol. The number of ether oxygens (including phenoxy) is 2. The van der Waals surface area contributed by atoms with E-state index in [-0.39, 0.29) is 11.8 Å². The van der Waals surface area contributed by atoms with Gasteiger partial charge in [-0.05, 0) is 97.0 Å². The summed E-state index contributed by atoms with van der Waals surface area (Å²) < 4.78 is 24.6. The van der Waals surface area contributed by atoms with Gasteiger partial charge in [0.05, 0.1) is 12.2 Å². The first kappa shape index (κ1) is 23.8. The van der Waals surface area contributed by atoms with Crippen molar-refractivity contribution in [1.29, 1.82) is 0 Å². The Morgan fingerprint density at radius 2 is 1.79 bits per heavy atom. The predicted molar refractivity (Wildman–Crippen MR) is 135 cm³/mol. The number of hydrogen-bond acceptors (Lipinski definition) is 4. The second kappa shape index (κ2) is 10.7. The van der Waals surface area contributed by atoms with Crippen LogP contribution in [-0.2, 0) is 11.3 Å². The second-order valence-corrected chi connectivity index (χ2v) is 8.57. The van der Waals surface area contributed by atoms with Gasteiger partial charge < -0.3 is 14.8 Å². The predicted octanol–water partition coefficient (Wildman–Crippen LogP) is 7.37. The Labute approximate surface area is 204 Å². The third-order valence-electron chi connectivity index (χ3n) is 5.87. The minimum Gasteiger partial charge on any atom is -0.488 e. The zero-order chi connectivity index (χ0) is 24.1. The highest BCUT2D eigenvalue weighted by Gasteiger charge is 2.22. The number of rotatable bonds is 8. The molecule has 0 amide bonds. The van der Waals surface area contributed by atoms with Crippen molar-refractivity contribution in [3.63, 3.8) is 0 Å². The second-order valence-electron chi connectivity index (χ2n) is 8.14. The van der Waals surface area contributed by atoms with Crippen LogP contribution in [0.3, 0.4) is 0 Å². The van der Waals surface area contributed by atoms with Gasteiger partial charge in [0.15, 0.2) is 0 Å². The molecule has 1 N–H and O–H groups in total. The molecule has 0 atom stereocenters. The summed E-state index contributed by atoms with van der Waals surface area (Å²) >= 11 is 6.38. The quantitative estimate of drug-likeness (QED) is 0.342. The van der Waals surface area contributed by atoms with E-state index < -0.39 is 0 Å². The summed E-state index contributed by atoms with van der Waals surface area (Å²) in [4.78, 5) is 12.4. The van der Waals surface area contributed by atoms with Gasteiger partial charge in [0.25, 0.3) is 0 Å². The lowest BCUT2D eigenvalue weighted by Crippen LogP contribution is -2.06. The van der Waals surface area contributed by atoms with Gasteiger partial charge in [-0.25, -0.2) is 9.18 Å². The van der Waals surface area contributed by atoms with Crippen molar-refractivity contribution in [1.82, 2.24) is 0 Å². The van der Waals surface area contributed by atoms with E-state index in [1.54, 1.807) is 31.2 Å². The molecule has 6 heteroatoms. The Balaban J connectivity index is 1.73. The van der Waals surface area contributed by atoms with E-state index in [0.29, 0.717) is 23.8 Å². The Hall–Kier alpha value is -3.31. The van der Waals surface area contributed by atoms with E-state index >= 15 is 0 Å². The number of hydrogen-bond donors (Lipinski definition) is 1. The maximum Gasteiger partial charge on any atom is 0.338 e. The molecule has 3 aromatic carbocycles. The Bertz CT molecular complexity index is 1220. The molecule has 0 aliphatic heterocycles. The van der Waals surface area contributed by atoms with Gasteiger partial charge in [0.2, 0.25) is 0 Å². The molecular formula is C28H27ClFNO3. The monoisotopic (exact) mass is 479 g/mol. The van der Waals surface area contributed by atoms with Crippen LogP contribution in [0, 0.1) is 5.82 Å². The highest BCUT2D eigenvalue weighted by Crippen LogP contribution is 2.44. The minimum absolute atomic E-state index is 0.275. The number of anilines is 1. The van der Waals surface area contributed by atoms with E-state index in [2.05, 4.69) is 5.32 Å². The summed E-state index contributed by atoms with van der Waals surface area (Å²) in [5.74, 6) is 0.105. The third kappa shape index (κ3) is 5.42. The highest BCUT2D eigenvalue weighted by atomic mass is 35.5. The first-order chi connectivity index (χ1) is 16.5. The molecule has 0 bridgehead atoms. The fourth-order valence-electron chi connectivity index (χ4n) is 4.24.